The molecule has 13 heavy (non-hydrogen) atoms. The molecule has 0 amide bonds. The second-order valence-corrected chi connectivity index (χ2v) is 2.13. The van der Waals surface area contributed by atoms with Gasteiger partial charge in [-0.2, -0.15) is 4.98 Å². The molecule has 0 bridgehead atoms. The summed E-state index contributed by atoms with van der Waals surface area (Å²) in [5.74, 6) is -1.11. The third-order valence-electron chi connectivity index (χ3n) is 1.18. The normalized spacial score (nSPS) is 9.23. The van der Waals surface area contributed by atoms with Crippen molar-refractivity contribution < 1.29 is 14.6 Å². The minimum atomic E-state index is -1.11. The van der Waals surface area contributed by atoms with Crippen molar-refractivity contribution in [2.75, 3.05) is 6.61 Å². The SMILES string of the molecule is C=CCOc1nccc(C(=O)O)n1. The maximum absolute atomic E-state index is 10.5. The summed E-state index contributed by atoms with van der Waals surface area (Å²) in [5, 5.41) is 8.57. The summed E-state index contributed by atoms with van der Waals surface area (Å²) >= 11 is 0. The van der Waals surface area contributed by atoms with Gasteiger partial charge < -0.3 is 9.84 Å². The van der Waals surface area contributed by atoms with Gasteiger partial charge in [0.25, 0.3) is 0 Å². The molecule has 5 heteroatoms. The summed E-state index contributed by atoms with van der Waals surface area (Å²) in [6, 6.07) is 1.34. The van der Waals surface area contributed by atoms with Crippen LogP contribution in [0.1, 0.15) is 10.5 Å². The van der Waals surface area contributed by atoms with Gasteiger partial charge in [0, 0.05) is 6.20 Å². The van der Waals surface area contributed by atoms with E-state index in [1.54, 1.807) is 0 Å². The van der Waals surface area contributed by atoms with Crippen molar-refractivity contribution >= 4 is 5.97 Å². The average Bonchev–Trinajstić information content (AvgIpc) is 2.15. The monoisotopic (exact) mass is 180 g/mol. The van der Waals surface area contributed by atoms with Crippen LogP contribution in [0.3, 0.4) is 0 Å². The zero-order chi connectivity index (χ0) is 9.68. The number of carboxylic acid groups (broad SMARTS) is 1. The van der Waals surface area contributed by atoms with E-state index in [2.05, 4.69) is 16.5 Å². The first-order valence-corrected chi connectivity index (χ1v) is 3.54. The topological polar surface area (TPSA) is 72.3 Å². The van der Waals surface area contributed by atoms with Gasteiger partial charge in [-0.25, -0.2) is 9.78 Å². The maximum Gasteiger partial charge on any atom is 0.354 e. The van der Waals surface area contributed by atoms with E-state index in [0.717, 1.165) is 0 Å². The molecule has 5 nitrogen and oxygen atoms in total. The van der Waals surface area contributed by atoms with Crippen molar-refractivity contribution in [3.63, 3.8) is 0 Å². The number of aromatic carboxylic acids is 1. The molecule has 0 radical (unpaired) electrons. The lowest BCUT2D eigenvalue weighted by Gasteiger charge is -2.00. The maximum atomic E-state index is 10.5. The first-order valence-electron chi connectivity index (χ1n) is 3.54. The van der Waals surface area contributed by atoms with Crippen molar-refractivity contribution in [2.45, 2.75) is 0 Å². The predicted octanol–water partition coefficient (Wildman–Crippen LogP) is 0.740. The summed E-state index contributed by atoms with van der Waals surface area (Å²) in [6.45, 7) is 3.69. The van der Waals surface area contributed by atoms with Gasteiger partial charge in [-0.3, -0.25) is 0 Å². The standard InChI is InChI=1S/C8H8N2O3/c1-2-5-13-8-9-4-3-6(10-8)7(11)12/h2-4H,1,5H2,(H,11,12). The zero-order valence-electron chi connectivity index (χ0n) is 6.80. The van der Waals surface area contributed by atoms with Gasteiger partial charge in [-0.15, -0.1) is 0 Å². The highest BCUT2D eigenvalue weighted by atomic mass is 16.5. The molecule has 0 aliphatic carbocycles. The number of carbonyl (C=O) groups is 1. The van der Waals surface area contributed by atoms with Crippen LogP contribution in [0.2, 0.25) is 0 Å². The second-order valence-electron chi connectivity index (χ2n) is 2.13. The van der Waals surface area contributed by atoms with Gasteiger partial charge in [-0.05, 0) is 6.07 Å². The Labute approximate surface area is 74.7 Å². The van der Waals surface area contributed by atoms with Crippen molar-refractivity contribution in [3.05, 3.63) is 30.6 Å². The predicted molar refractivity (Wildman–Crippen MR) is 44.7 cm³/mol. The van der Waals surface area contributed by atoms with Gasteiger partial charge in [0.05, 0.1) is 0 Å². The van der Waals surface area contributed by atoms with E-state index in [1.165, 1.54) is 18.3 Å². The molecule has 0 fully saturated rings. The van der Waals surface area contributed by atoms with Crippen molar-refractivity contribution in [1.29, 1.82) is 0 Å². The molecule has 0 aliphatic rings. The number of rotatable bonds is 4. The molecule has 0 aliphatic heterocycles. The quantitative estimate of drug-likeness (QED) is 0.692. The van der Waals surface area contributed by atoms with Gasteiger partial charge in [0.2, 0.25) is 0 Å². The van der Waals surface area contributed by atoms with Gasteiger partial charge in [0.1, 0.15) is 6.61 Å². The lowest BCUT2D eigenvalue weighted by Crippen LogP contribution is -2.04. The molecule has 0 atom stereocenters. The first-order chi connectivity index (χ1) is 6.24. The Morgan fingerprint density at radius 2 is 2.54 bits per heavy atom. The fourth-order valence-electron chi connectivity index (χ4n) is 0.663. The zero-order valence-corrected chi connectivity index (χ0v) is 6.80. The Bertz CT molecular complexity index is 325. The number of aromatic nitrogens is 2. The molecule has 1 aromatic heterocycles. The summed E-state index contributed by atoms with van der Waals surface area (Å²) in [5.41, 5.74) is -0.0888. The number of hydrogen-bond donors (Lipinski definition) is 1. The number of ether oxygens (including phenoxy) is 1. The second kappa shape index (κ2) is 4.20. The van der Waals surface area contributed by atoms with E-state index >= 15 is 0 Å². The molecule has 1 rings (SSSR count). The molecule has 0 saturated carbocycles. The van der Waals surface area contributed by atoms with Crippen molar-refractivity contribution in [3.8, 4) is 6.01 Å². The molecular formula is C8H8N2O3. The molecule has 0 unspecified atom stereocenters. The van der Waals surface area contributed by atoms with Crippen LogP contribution in [0.25, 0.3) is 0 Å². The lowest BCUT2D eigenvalue weighted by atomic mass is 10.4. The molecular weight excluding hydrogens is 172 g/mol. The molecule has 0 aromatic carbocycles. The summed E-state index contributed by atoms with van der Waals surface area (Å²) in [6.07, 6.45) is 2.85. The van der Waals surface area contributed by atoms with E-state index in [-0.39, 0.29) is 18.3 Å². The van der Waals surface area contributed by atoms with E-state index < -0.39 is 5.97 Å². The largest absolute Gasteiger partial charge is 0.477 e. The number of carboxylic acids is 1. The molecule has 1 heterocycles. The van der Waals surface area contributed by atoms with Gasteiger partial charge >= 0.3 is 12.0 Å². The minimum Gasteiger partial charge on any atom is -0.477 e. The molecule has 1 N–H and O–H groups in total. The van der Waals surface area contributed by atoms with Crippen LogP contribution in [-0.4, -0.2) is 27.7 Å². The molecule has 68 valence electrons. The highest BCUT2D eigenvalue weighted by Gasteiger charge is 2.05. The van der Waals surface area contributed by atoms with Crippen LogP contribution in [0.4, 0.5) is 0 Å². The van der Waals surface area contributed by atoms with E-state index in [9.17, 15) is 4.79 Å². The fourth-order valence-corrected chi connectivity index (χ4v) is 0.663. The molecule has 1 aromatic rings. The number of nitrogens with zero attached hydrogens (tertiary/aromatic N) is 2. The Kier molecular flexibility index (Phi) is 2.97. The van der Waals surface area contributed by atoms with Crippen LogP contribution in [0, 0.1) is 0 Å². The summed E-state index contributed by atoms with van der Waals surface area (Å²) in [7, 11) is 0. The van der Waals surface area contributed by atoms with Crippen LogP contribution >= 0.6 is 0 Å². The van der Waals surface area contributed by atoms with Crippen molar-refractivity contribution in [1.82, 2.24) is 9.97 Å². The Morgan fingerprint density at radius 1 is 1.77 bits per heavy atom. The number of hydrogen-bond acceptors (Lipinski definition) is 4. The van der Waals surface area contributed by atoms with E-state index in [0.29, 0.717) is 0 Å². The summed E-state index contributed by atoms with van der Waals surface area (Å²) < 4.78 is 4.94. The smallest absolute Gasteiger partial charge is 0.354 e. The van der Waals surface area contributed by atoms with Crippen LogP contribution in [0.5, 0.6) is 6.01 Å². The summed E-state index contributed by atoms with van der Waals surface area (Å²) in [4.78, 5) is 17.8. The fraction of sp³-hybridized carbons (Fsp3) is 0.125. The van der Waals surface area contributed by atoms with Gasteiger partial charge in [0.15, 0.2) is 5.69 Å². The van der Waals surface area contributed by atoms with Crippen LogP contribution < -0.4 is 4.74 Å². The molecule has 0 saturated heterocycles. The average molecular weight is 180 g/mol. The highest BCUT2D eigenvalue weighted by Crippen LogP contribution is 2.02. The third kappa shape index (κ3) is 2.55. The Hall–Kier alpha value is -1.91. The van der Waals surface area contributed by atoms with Crippen molar-refractivity contribution in [2.24, 2.45) is 0 Å². The Balaban J connectivity index is 2.79. The highest BCUT2D eigenvalue weighted by molar-refractivity contribution is 5.85. The van der Waals surface area contributed by atoms with E-state index in [4.69, 9.17) is 9.84 Å². The first kappa shape index (κ1) is 9.18. The van der Waals surface area contributed by atoms with Gasteiger partial charge in [-0.1, -0.05) is 12.7 Å². The van der Waals surface area contributed by atoms with E-state index in [1.807, 2.05) is 0 Å². The molecule has 0 spiro atoms. The third-order valence-corrected chi connectivity index (χ3v) is 1.18. The minimum absolute atomic E-state index is 0.0415. The lowest BCUT2D eigenvalue weighted by molar-refractivity contribution is 0.0689. The Morgan fingerprint density at radius 3 is 3.15 bits per heavy atom. The van der Waals surface area contributed by atoms with Crippen LogP contribution in [0.15, 0.2) is 24.9 Å². The van der Waals surface area contributed by atoms with Crippen LogP contribution in [-0.2, 0) is 0 Å².